The van der Waals surface area contributed by atoms with E-state index in [0.717, 1.165) is 12.3 Å². The molecule has 2 heteroatoms. The molecule has 2 fully saturated rings. The maximum Gasteiger partial charge on any atom is 0.306 e. The molecule has 0 aromatic heterocycles. The van der Waals surface area contributed by atoms with Crippen molar-refractivity contribution in [2.75, 3.05) is 6.61 Å². The van der Waals surface area contributed by atoms with Crippen molar-refractivity contribution in [1.29, 1.82) is 0 Å². The number of cyclic esters (lactones) is 1. The molecule has 1 aliphatic heterocycles. The van der Waals surface area contributed by atoms with Crippen LogP contribution in [0.2, 0.25) is 0 Å². The monoisotopic (exact) mass is 168 g/mol. The van der Waals surface area contributed by atoms with E-state index < -0.39 is 0 Å². The lowest BCUT2D eigenvalue weighted by molar-refractivity contribution is -0.143. The molecule has 1 saturated carbocycles. The van der Waals surface area contributed by atoms with Crippen molar-refractivity contribution < 1.29 is 9.53 Å². The summed E-state index contributed by atoms with van der Waals surface area (Å²) in [6, 6.07) is 0. The van der Waals surface area contributed by atoms with E-state index in [4.69, 9.17) is 4.74 Å². The number of carbonyl (C=O) groups is 1. The van der Waals surface area contributed by atoms with Crippen LogP contribution in [-0.4, -0.2) is 12.6 Å². The van der Waals surface area contributed by atoms with Gasteiger partial charge in [0.15, 0.2) is 0 Å². The minimum Gasteiger partial charge on any atom is -0.466 e. The molecule has 0 N–H and O–H groups in total. The molecule has 2 unspecified atom stereocenters. The Hall–Kier alpha value is -0.530. The molecule has 0 aromatic rings. The minimum atomic E-state index is 0.0319. The minimum absolute atomic E-state index is 0.0319. The molecule has 1 aliphatic carbocycles. The van der Waals surface area contributed by atoms with Gasteiger partial charge in [-0.1, -0.05) is 19.3 Å². The highest BCUT2D eigenvalue weighted by atomic mass is 16.5. The summed E-state index contributed by atoms with van der Waals surface area (Å²) in [6.45, 7) is 0.667. The first-order valence-corrected chi connectivity index (χ1v) is 5.02. The highest BCUT2D eigenvalue weighted by molar-refractivity contribution is 5.69. The number of hydrogen-bond donors (Lipinski definition) is 0. The molecule has 0 bridgehead atoms. The highest BCUT2D eigenvalue weighted by Gasteiger charge is 2.29. The van der Waals surface area contributed by atoms with Crippen molar-refractivity contribution in [2.45, 2.75) is 38.5 Å². The van der Waals surface area contributed by atoms with Gasteiger partial charge in [0.1, 0.15) is 0 Å². The Kier molecular flexibility index (Phi) is 2.33. The van der Waals surface area contributed by atoms with E-state index in [0.29, 0.717) is 18.9 Å². The van der Waals surface area contributed by atoms with Gasteiger partial charge >= 0.3 is 5.97 Å². The molecule has 0 amide bonds. The predicted octanol–water partition coefficient (Wildman–Crippen LogP) is 2.13. The molecular formula is C10H16O2. The lowest BCUT2D eigenvalue weighted by atomic mass is 9.76. The number of carbonyl (C=O) groups excluding carboxylic acids is 1. The molecule has 12 heavy (non-hydrogen) atoms. The van der Waals surface area contributed by atoms with Gasteiger partial charge in [-0.05, 0) is 24.7 Å². The van der Waals surface area contributed by atoms with Gasteiger partial charge in [-0.15, -0.1) is 0 Å². The molecule has 2 nitrogen and oxygen atoms in total. The fourth-order valence-electron chi connectivity index (χ4n) is 2.53. The number of rotatable bonds is 0. The molecule has 0 spiro atoms. The number of esters is 1. The molecule has 2 aliphatic rings. The van der Waals surface area contributed by atoms with Crippen LogP contribution in [0.25, 0.3) is 0 Å². The van der Waals surface area contributed by atoms with Crippen LogP contribution in [0, 0.1) is 11.8 Å². The normalized spacial score (nSPS) is 36.5. The van der Waals surface area contributed by atoms with Crippen molar-refractivity contribution in [2.24, 2.45) is 11.8 Å². The van der Waals surface area contributed by atoms with Gasteiger partial charge in [0.2, 0.25) is 0 Å². The predicted molar refractivity (Wildman–Crippen MR) is 45.6 cm³/mol. The zero-order valence-corrected chi connectivity index (χ0v) is 7.42. The summed E-state index contributed by atoms with van der Waals surface area (Å²) in [5.74, 6) is 1.46. The van der Waals surface area contributed by atoms with Crippen LogP contribution in [0.4, 0.5) is 0 Å². The lowest BCUT2D eigenvalue weighted by Crippen LogP contribution is -2.19. The molecule has 2 rings (SSSR count). The third-order valence-corrected chi connectivity index (χ3v) is 3.25. The Balaban J connectivity index is 2.01. The average Bonchev–Trinajstić information content (AvgIpc) is 2.25. The third kappa shape index (κ3) is 1.62. The standard InChI is InChI=1S/C10H16O2/c11-10-7-9-4-2-1-3-8(9)5-6-12-10/h8-9H,1-7H2. The van der Waals surface area contributed by atoms with E-state index in [1.165, 1.54) is 25.7 Å². The van der Waals surface area contributed by atoms with Gasteiger partial charge in [0.05, 0.1) is 6.61 Å². The van der Waals surface area contributed by atoms with Crippen molar-refractivity contribution in [1.82, 2.24) is 0 Å². The van der Waals surface area contributed by atoms with Crippen LogP contribution in [0.1, 0.15) is 38.5 Å². The van der Waals surface area contributed by atoms with Crippen LogP contribution in [0.5, 0.6) is 0 Å². The maximum atomic E-state index is 11.1. The summed E-state index contributed by atoms with van der Waals surface area (Å²) in [4.78, 5) is 11.1. The number of hydrogen-bond acceptors (Lipinski definition) is 2. The fourth-order valence-corrected chi connectivity index (χ4v) is 2.53. The largest absolute Gasteiger partial charge is 0.466 e. The SMILES string of the molecule is O=C1CC2CCCCC2CCO1. The molecule has 68 valence electrons. The van der Waals surface area contributed by atoms with Gasteiger partial charge in [-0.25, -0.2) is 0 Å². The first-order chi connectivity index (χ1) is 5.86. The second-order valence-corrected chi connectivity index (χ2v) is 4.02. The Morgan fingerprint density at radius 1 is 1.08 bits per heavy atom. The van der Waals surface area contributed by atoms with E-state index >= 15 is 0 Å². The summed E-state index contributed by atoms with van der Waals surface area (Å²) in [6.07, 6.45) is 7.03. The van der Waals surface area contributed by atoms with Gasteiger partial charge in [0, 0.05) is 6.42 Å². The summed E-state index contributed by atoms with van der Waals surface area (Å²) in [5.41, 5.74) is 0. The average molecular weight is 168 g/mol. The van der Waals surface area contributed by atoms with E-state index in [9.17, 15) is 4.79 Å². The molecular weight excluding hydrogens is 152 g/mol. The maximum absolute atomic E-state index is 11.1. The topological polar surface area (TPSA) is 26.3 Å². The second-order valence-electron chi connectivity index (χ2n) is 4.02. The molecule has 0 aromatic carbocycles. The molecule has 1 saturated heterocycles. The Morgan fingerprint density at radius 3 is 2.67 bits per heavy atom. The summed E-state index contributed by atoms with van der Waals surface area (Å²) < 4.78 is 5.06. The van der Waals surface area contributed by atoms with Crippen molar-refractivity contribution >= 4 is 5.97 Å². The van der Waals surface area contributed by atoms with Crippen molar-refractivity contribution in [3.8, 4) is 0 Å². The van der Waals surface area contributed by atoms with Gasteiger partial charge in [0.25, 0.3) is 0 Å². The zero-order chi connectivity index (χ0) is 8.39. The smallest absolute Gasteiger partial charge is 0.306 e. The highest BCUT2D eigenvalue weighted by Crippen LogP contribution is 2.36. The van der Waals surface area contributed by atoms with E-state index in [1.54, 1.807) is 0 Å². The first-order valence-electron chi connectivity index (χ1n) is 5.02. The molecule has 1 heterocycles. The zero-order valence-electron chi connectivity index (χ0n) is 7.42. The summed E-state index contributed by atoms with van der Waals surface area (Å²) in [5, 5.41) is 0. The van der Waals surface area contributed by atoms with Gasteiger partial charge in [-0.3, -0.25) is 4.79 Å². The van der Waals surface area contributed by atoms with Crippen molar-refractivity contribution in [3.63, 3.8) is 0 Å². The van der Waals surface area contributed by atoms with E-state index in [2.05, 4.69) is 0 Å². The van der Waals surface area contributed by atoms with E-state index in [1.807, 2.05) is 0 Å². The fraction of sp³-hybridized carbons (Fsp3) is 0.900. The third-order valence-electron chi connectivity index (χ3n) is 3.25. The molecule has 0 radical (unpaired) electrons. The van der Waals surface area contributed by atoms with Crippen molar-refractivity contribution in [3.05, 3.63) is 0 Å². The van der Waals surface area contributed by atoms with Crippen LogP contribution >= 0.6 is 0 Å². The Bertz CT molecular complexity index is 177. The second kappa shape index (κ2) is 3.46. The van der Waals surface area contributed by atoms with E-state index in [-0.39, 0.29) is 5.97 Å². The number of fused-ring (bicyclic) bond motifs is 1. The Labute approximate surface area is 73.3 Å². The number of ether oxygens (including phenoxy) is 1. The quantitative estimate of drug-likeness (QED) is 0.518. The van der Waals surface area contributed by atoms with Gasteiger partial charge < -0.3 is 4.74 Å². The first kappa shape index (κ1) is 8.09. The van der Waals surface area contributed by atoms with Crippen LogP contribution < -0.4 is 0 Å². The Morgan fingerprint density at radius 2 is 1.83 bits per heavy atom. The van der Waals surface area contributed by atoms with Crippen LogP contribution in [0.15, 0.2) is 0 Å². The van der Waals surface area contributed by atoms with Crippen LogP contribution in [0.3, 0.4) is 0 Å². The molecule has 2 atom stereocenters. The summed E-state index contributed by atoms with van der Waals surface area (Å²) >= 11 is 0. The van der Waals surface area contributed by atoms with Crippen LogP contribution in [-0.2, 0) is 9.53 Å². The van der Waals surface area contributed by atoms with Gasteiger partial charge in [-0.2, -0.15) is 0 Å². The summed E-state index contributed by atoms with van der Waals surface area (Å²) in [7, 11) is 0. The lowest BCUT2D eigenvalue weighted by Gasteiger charge is -2.28.